The third-order valence-electron chi connectivity index (χ3n) is 2.73. The average Bonchev–Trinajstić information content (AvgIpc) is 2.39. The van der Waals surface area contributed by atoms with Crippen LogP contribution in [0.3, 0.4) is 0 Å². The summed E-state index contributed by atoms with van der Waals surface area (Å²) in [5, 5.41) is 0. The summed E-state index contributed by atoms with van der Waals surface area (Å²) in [6.07, 6.45) is -3.45. The Morgan fingerprint density at radius 3 is 2.21 bits per heavy atom. The second-order valence-corrected chi connectivity index (χ2v) is 4.13. The average molecular weight is 266 g/mol. The van der Waals surface area contributed by atoms with Crippen molar-refractivity contribution < 1.29 is 17.9 Å². The Kier molecular flexibility index (Phi) is 3.79. The van der Waals surface area contributed by atoms with Crippen LogP contribution in [0.25, 0.3) is 0 Å². The molecule has 0 aromatic heterocycles. The normalized spacial score (nSPS) is 11.4. The van der Waals surface area contributed by atoms with E-state index in [0.717, 1.165) is 24.1 Å². The predicted molar refractivity (Wildman–Crippen MR) is 67.3 cm³/mol. The van der Waals surface area contributed by atoms with Crippen molar-refractivity contribution in [3.63, 3.8) is 0 Å². The maximum atomic E-state index is 12.5. The van der Waals surface area contributed by atoms with E-state index in [-0.39, 0.29) is 5.75 Å². The molecule has 0 saturated carbocycles. The topological polar surface area (TPSA) is 9.23 Å². The highest BCUT2D eigenvalue weighted by Gasteiger charge is 2.30. The smallest absolute Gasteiger partial charge is 0.416 e. The van der Waals surface area contributed by atoms with E-state index >= 15 is 0 Å². The van der Waals surface area contributed by atoms with Crippen molar-refractivity contribution in [1.29, 1.82) is 0 Å². The van der Waals surface area contributed by atoms with Gasteiger partial charge >= 0.3 is 6.18 Å². The molecule has 2 rings (SSSR count). The van der Waals surface area contributed by atoms with Crippen molar-refractivity contribution in [2.75, 3.05) is 0 Å². The number of aryl methyl sites for hydroxylation is 1. The number of benzene rings is 2. The minimum atomic E-state index is -4.36. The van der Waals surface area contributed by atoms with Crippen LogP contribution in [0.15, 0.2) is 48.5 Å². The molecule has 2 aromatic carbocycles. The van der Waals surface area contributed by atoms with Gasteiger partial charge in [0.25, 0.3) is 0 Å². The molecule has 0 aliphatic carbocycles. The molecule has 1 nitrogen and oxygen atoms in total. The minimum Gasteiger partial charge on any atom is -0.457 e. The van der Waals surface area contributed by atoms with Gasteiger partial charge in [-0.2, -0.15) is 13.2 Å². The van der Waals surface area contributed by atoms with Gasteiger partial charge in [-0.3, -0.25) is 0 Å². The van der Waals surface area contributed by atoms with Crippen LogP contribution in [0.5, 0.6) is 11.5 Å². The quantitative estimate of drug-likeness (QED) is 0.754. The van der Waals surface area contributed by atoms with Crippen molar-refractivity contribution in [2.24, 2.45) is 0 Å². The highest BCUT2D eigenvalue weighted by molar-refractivity contribution is 5.36. The maximum Gasteiger partial charge on any atom is 0.416 e. The zero-order valence-electron chi connectivity index (χ0n) is 10.4. The van der Waals surface area contributed by atoms with Gasteiger partial charge in [0, 0.05) is 0 Å². The molecule has 0 aliphatic rings. The molecule has 0 fully saturated rings. The number of hydrogen-bond acceptors (Lipinski definition) is 1. The lowest BCUT2D eigenvalue weighted by Crippen LogP contribution is -2.04. The van der Waals surface area contributed by atoms with Crippen LogP contribution < -0.4 is 4.74 Å². The Labute approximate surface area is 109 Å². The van der Waals surface area contributed by atoms with E-state index in [9.17, 15) is 13.2 Å². The van der Waals surface area contributed by atoms with Gasteiger partial charge in [0.15, 0.2) is 0 Å². The van der Waals surface area contributed by atoms with Crippen molar-refractivity contribution >= 4 is 0 Å². The highest BCUT2D eigenvalue weighted by Crippen LogP contribution is 2.32. The van der Waals surface area contributed by atoms with Crippen LogP contribution in [0.1, 0.15) is 18.1 Å². The lowest BCUT2D eigenvalue weighted by Gasteiger charge is -2.10. The van der Waals surface area contributed by atoms with E-state index < -0.39 is 11.7 Å². The van der Waals surface area contributed by atoms with Crippen molar-refractivity contribution in [1.82, 2.24) is 0 Å². The van der Waals surface area contributed by atoms with Crippen LogP contribution in [0, 0.1) is 0 Å². The molecule has 0 aliphatic heterocycles. The van der Waals surface area contributed by atoms with Gasteiger partial charge < -0.3 is 4.74 Å². The summed E-state index contributed by atoms with van der Waals surface area (Å²) in [4.78, 5) is 0. The van der Waals surface area contributed by atoms with Gasteiger partial charge in [0.05, 0.1) is 5.56 Å². The summed E-state index contributed by atoms with van der Waals surface area (Å²) in [5.74, 6) is 0.704. The van der Waals surface area contributed by atoms with E-state index in [4.69, 9.17) is 4.74 Å². The maximum absolute atomic E-state index is 12.5. The summed E-state index contributed by atoms with van der Waals surface area (Å²) in [6.45, 7) is 2.03. The molecule has 100 valence electrons. The van der Waals surface area contributed by atoms with E-state index in [0.29, 0.717) is 5.75 Å². The lowest BCUT2D eigenvalue weighted by atomic mass is 10.2. The zero-order chi connectivity index (χ0) is 13.9. The molecule has 0 N–H and O–H groups in total. The Bertz CT molecular complexity index is 544. The molecule has 0 atom stereocenters. The molecule has 19 heavy (non-hydrogen) atoms. The molecular formula is C15H13F3O. The lowest BCUT2D eigenvalue weighted by molar-refractivity contribution is -0.137. The summed E-state index contributed by atoms with van der Waals surface area (Å²) in [5.41, 5.74) is 0.437. The molecule has 0 radical (unpaired) electrons. The molecule has 2 aromatic rings. The van der Waals surface area contributed by atoms with Gasteiger partial charge in [0.1, 0.15) is 11.5 Å². The molecule has 0 amide bonds. The minimum absolute atomic E-state index is 0.180. The molecular weight excluding hydrogens is 253 g/mol. The molecule has 4 heteroatoms. The van der Waals surface area contributed by atoms with Gasteiger partial charge in [-0.05, 0) is 42.3 Å². The summed E-state index contributed by atoms with van der Waals surface area (Å²) in [7, 11) is 0. The zero-order valence-corrected chi connectivity index (χ0v) is 10.4. The number of rotatable bonds is 3. The summed E-state index contributed by atoms with van der Waals surface area (Å²) >= 11 is 0. The third-order valence-corrected chi connectivity index (χ3v) is 2.73. The number of ether oxygens (including phenoxy) is 1. The highest BCUT2D eigenvalue weighted by atomic mass is 19.4. The number of halogens is 3. The van der Waals surface area contributed by atoms with Crippen LogP contribution in [0.4, 0.5) is 13.2 Å². The first kappa shape index (κ1) is 13.5. The second kappa shape index (κ2) is 5.34. The Morgan fingerprint density at radius 2 is 1.63 bits per heavy atom. The second-order valence-electron chi connectivity index (χ2n) is 4.13. The first-order chi connectivity index (χ1) is 8.99. The third kappa shape index (κ3) is 3.50. The molecule has 0 bridgehead atoms. The number of hydrogen-bond donors (Lipinski definition) is 0. The molecule has 0 saturated heterocycles. The fraction of sp³-hybridized carbons (Fsp3) is 0.200. The van der Waals surface area contributed by atoms with Crippen LogP contribution in [0.2, 0.25) is 0 Å². The van der Waals surface area contributed by atoms with Gasteiger partial charge in [0.2, 0.25) is 0 Å². The van der Waals surface area contributed by atoms with Gasteiger partial charge in [-0.15, -0.1) is 0 Å². The Hall–Kier alpha value is -1.97. The first-order valence-electron chi connectivity index (χ1n) is 5.93. The first-order valence-corrected chi connectivity index (χ1v) is 5.93. The monoisotopic (exact) mass is 266 g/mol. The molecule has 0 spiro atoms. The SMILES string of the molecule is CCc1ccc(Oc2cccc(C(F)(F)F)c2)cc1. The predicted octanol–water partition coefficient (Wildman–Crippen LogP) is 5.06. The molecule has 0 unspecified atom stereocenters. The van der Waals surface area contributed by atoms with E-state index in [2.05, 4.69) is 0 Å². The summed E-state index contributed by atoms with van der Waals surface area (Å²) in [6, 6.07) is 12.1. The van der Waals surface area contributed by atoms with Gasteiger partial charge in [-0.1, -0.05) is 25.1 Å². The largest absolute Gasteiger partial charge is 0.457 e. The fourth-order valence-corrected chi connectivity index (χ4v) is 1.67. The van der Waals surface area contributed by atoms with Crippen molar-refractivity contribution in [3.8, 4) is 11.5 Å². The van der Waals surface area contributed by atoms with Crippen molar-refractivity contribution in [2.45, 2.75) is 19.5 Å². The Morgan fingerprint density at radius 1 is 0.947 bits per heavy atom. The Balaban J connectivity index is 2.18. The fourth-order valence-electron chi connectivity index (χ4n) is 1.67. The van der Waals surface area contributed by atoms with Crippen LogP contribution >= 0.6 is 0 Å². The van der Waals surface area contributed by atoms with E-state index in [1.54, 1.807) is 12.1 Å². The van der Waals surface area contributed by atoms with Gasteiger partial charge in [-0.25, -0.2) is 0 Å². The molecule has 0 heterocycles. The summed E-state index contributed by atoms with van der Waals surface area (Å²) < 4.78 is 43.1. The number of alkyl halides is 3. The van der Waals surface area contributed by atoms with Crippen LogP contribution in [-0.4, -0.2) is 0 Å². The standard InChI is InChI=1S/C15H13F3O/c1-2-11-6-8-13(9-7-11)19-14-5-3-4-12(10-14)15(16,17)18/h3-10H,2H2,1H3. The van der Waals surface area contributed by atoms with Crippen molar-refractivity contribution in [3.05, 3.63) is 59.7 Å². The van der Waals surface area contributed by atoms with E-state index in [1.165, 1.54) is 12.1 Å². The van der Waals surface area contributed by atoms with Crippen LogP contribution in [-0.2, 0) is 12.6 Å². The van der Waals surface area contributed by atoms with E-state index in [1.807, 2.05) is 19.1 Å².